The lowest BCUT2D eigenvalue weighted by Gasteiger charge is -2.21. The van der Waals surface area contributed by atoms with E-state index in [0.29, 0.717) is 29.7 Å². The lowest BCUT2D eigenvalue weighted by Crippen LogP contribution is -2.28. The molecule has 3 aromatic rings. The summed E-state index contributed by atoms with van der Waals surface area (Å²) in [6, 6.07) is 17.0. The Morgan fingerprint density at radius 2 is 1.97 bits per heavy atom. The van der Waals surface area contributed by atoms with E-state index in [1.165, 1.54) is 5.56 Å². The van der Waals surface area contributed by atoms with Gasteiger partial charge in [0.2, 0.25) is 5.91 Å². The first kappa shape index (κ1) is 20.5. The number of rotatable bonds is 6. The van der Waals surface area contributed by atoms with Crippen molar-refractivity contribution in [1.82, 2.24) is 9.88 Å². The van der Waals surface area contributed by atoms with Gasteiger partial charge in [-0.25, -0.2) is 0 Å². The van der Waals surface area contributed by atoms with Gasteiger partial charge in [0.15, 0.2) is 0 Å². The lowest BCUT2D eigenvalue weighted by molar-refractivity contribution is -0.127. The van der Waals surface area contributed by atoms with Crippen LogP contribution in [0.25, 0.3) is 6.08 Å². The first-order valence-electron chi connectivity index (χ1n) is 9.65. The first-order valence-corrected chi connectivity index (χ1v) is 10.4. The maximum Gasteiger partial charge on any atom is 0.247 e. The molecule has 1 aliphatic rings. The molecule has 0 radical (unpaired) electrons. The lowest BCUT2D eigenvalue weighted by atomic mass is 10.1. The molecule has 2 heterocycles. The smallest absolute Gasteiger partial charge is 0.247 e. The van der Waals surface area contributed by atoms with Crippen molar-refractivity contribution in [2.75, 3.05) is 6.61 Å². The summed E-state index contributed by atoms with van der Waals surface area (Å²) >= 11 is 12.2. The highest BCUT2D eigenvalue weighted by atomic mass is 35.5. The molecule has 152 valence electrons. The molecule has 0 unspecified atom stereocenters. The van der Waals surface area contributed by atoms with Crippen molar-refractivity contribution in [3.63, 3.8) is 0 Å². The normalized spacial score (nSPS) is 12.6. The highest BCUT2D eigenvalue weighted by Crippen LogP contribution is 2.26. The fraction of sp³-hybridized carbons (Fsp3) is 0.167. The summed E-state index contributed by atoms with van der Waals surface area (Å²) in [5.74, 6) is 0.818. The Morgan fingerprint density at radius 3 is 2.77 bits per heavy atom. The summed E-state index contributed by atoms with van der Waals surface area (Å²) < 4.78 is 5.54. The number of pyridine rings is 1. The molecular weight excluding hydrogens is 419 g/mol. The van der Waals surface area contributed by atoms with E-state index in [-0.39, 0.29) is 5.91 Å². The second kappa shape index (κ2) is 9.33. The quantitative estimate of drug-likeness (QED) is 0.472. The van der Waals surface area contributed by atoms with Crippen LogP contribution >= 0.6 is 23.2 Å². The van der Waals surface area contributed by atoms with Crippen LogP contribution in [0.4, 0.5) is 0 Å². The molecule has 1 aromatic heterocycles. The molecule has 0 saturated heterocycles. The summed E-state index contributed by atoms with van der Waals surface area (Å²) in [4.78, 5) is 19.1. The average Bonchev–Trinajstić information content (AvgIpc) is 3.23. The van der Waals surface area contributed by atoms with Gasteiger partial charge in [-0.05, 0) is 59.2 Å². The number of nitrogens with zero attached hydrogens (tertiary/aromatic N) is 2. The number of hydrogen-bond acceptors (Lipinski definition) is 3. The number of benzene rings is 2. The van der Waals surface area contributed by atoms with Gasteiger partial charge in [-0.2, -0.15) is 0 Å². The Hall–Kier alpha value is -2.82. The molecule has 0 aliphatic carbocycles. The molecule has 0 fully saturated rings. The molecule has 0 bridgehead atoms. The second-order valence-electron chi connectivity index (χ2n) is 7.06. The number of halogens is 2. The van der Waals surface area contributed by atoms with E-state index in [9.17, 15) is 4.79 Å². The molecule has 1 amide bonds. The van der Waals surface area contributed by atoms with Gasteiger partial charge in [-0.3, -0.25) is 9.78 Å². The van der Waals surface area contributed by atoms with Crippen molar-refractivity contribution < 1.29 is 9.53 Å². The minimum Gasteiger partial charge on any atom is -0.493 e. The van der Waals surface area contributed by atoms with E-state index in [1.807, 2.05) is 42.5 Å². The Kier molecular flexibility index (Phi) is 6.36. The molecule has 0 N–H and O–H groups in total. The van der Waals surface area contributed by atoms with Crippen molar-refractivity contribution in [1.29, 1.82) is 0 Å². The summed E-state index contributed by atoms with van der Waals surface area (Å²) in [7, 11) is 0. The predicted octanol–water partition coefficient (Wildman–Crippen LogP) is 5.57. The van der Waals surface area contributed by atoms with E-state index in [0.717, 1.165) is 29.0 Å². The second-order valence-corrected chi connectivity index (χ2v) is 7.88. The van der Waals surface area contributed by atoms with Crippen LogP contribution in [0.1, 0.15) is 22.4 Å². The van der Waals surface area contributed by atoms with Crippen molar-refractivity contribution in [3.05, 3.63) is 99.3 Å². The molecular formula is C24H20Cl2N2O2. The van der Waals surface area contributed by atoms with Gasteiger partial charge < -0.3 is 9.64 Å². The Labute approximate surface area is 185 Å². The van der Waals surface area contributed by atoms with Crippen LogP contribution in [0.15, 0.2) is 66.9 Å². The van der Waals surface area contributed by atoms with Crippen LogP contribution in [0.2, 0.25) is 10.0 Å². The summed E-state index contributed by atoms with van der Waals surface area (Å²) in [5.41, 5.74) is 3.86. The molecule has 1 aliphatic heterocycles. The minimum atomic E-state index is -0.108. The highest BCUT2D eigenvalue weighted by Gasteiger charge is 2.15. The van der Waals surface area contributed by atoms with Crippen LogP contribution in [0, 0.1) is 0 Å². The zero-order chi connectivity index (χ0) is 20.9. The maximum atomic E-state index is 13.0. The topological polar surface area (TPSA) is 42.4 Å². The van der Waals surface area contributed by atoms with Crippen molar-refractivity contribution in [3.8, 4) is 5.75 Å². The van der Waals surface area contributed by atoms with Gasteiger partial charge in [0.1, 0.15) is 5.75 Å². The van der Waals surface area contributed by atoms with E-state index >= 15 is 0 Å². The number of amides is 1. The summed E-state index contributed by atoms with van der Waals surface area (Å²) in [6.07, 6.45) is 6.05. The largest absolute Gasteiger partial charge is 0.493 e. The van der Waals surface area contributed by atoms with Gasteiger partial charge in [0, 0.05) is 25.2 Å². The Balaban J connectivity index is 1.54. The fourth-order valence-corrected chi connectivity index (χ4v) is 3.66. The highest BCUT2D eigenvalue weighted by molar-refractivity contribution is 6.42. The first-order chi connectivity index (χ1) is 14.6. The number of aromatic nitrogens is 1. The number of hydrogen-bond donors (Lipinski definition) is 0. The van der Waals surface area contributed by atoms with Crippen LogP contribution < -0.4 is 4.74 Å². The summed E-state index contributed by atoms with van der Waals surface area (Å²) in [6.45, 7) is 1.50. The van der Waals surface area contributed by atoms with E-state index < -0.39 is 0 Å². The maximum absolute atomic E-state index is 13.0. The minimum absolute atomic E-state index is 0.108. The van der Waals surface area contributed by atoms with Gasteiger partial charge >= 0.3 is 0 Å². The standard InChI is InChI=1S/C24H20Cl2N2O2/c25-21-7-4-18(14-22(21)26)15-28(16-20-3-1-2-11-27-20)24(29)9-6-17-5-8-23-19(13-17)10-12-30-23/h1-9,11,13-14H,10,12,15-16H2/b9-6+. The number of ether oxygens (including phenoxy) is 1. The number of fused-ring (bicyclic) bond motifs is 1. The van der Waals surface area contributed by atoms with E-state index in [2.05, 4.69) is 11.1 Å². The third-order valence-corrected chi connectivity index (χ3v) is 5.62. The molecule has 2 aromatic carbocycles. The number of carbonyl (C=O) groups is 1. The zero-order valence-electron chi connectivity index (χ0n) is 16.2. The van der Waals surface area contributed by atoms with Crippen molar-refractivity contribution in [2.24, 2.45) is 0 Å². The third-order valence-electron chi connectivity index (χ3n) is 4.88. The average molecular weight is 439 g/mol. The molecule has 0 saturated carbocycles. The van der Waals surface area contributed by atoms with Crippen LogP contribution in [-0.2, 0) is 24.3 Å². The Morgan fingerprint density at radius 1 is 1.07 bits per heavy atom. The van der Waals surface area contributed by atoms with Gasteiger partial charge in [-0.15, -0.1) is 0 Å². The molecule has 4 nitrogen and oxygen atoms in total. The summed E-state index contributed by atoms with van der Waals surface area (Å²) in [5, 5.41) is 0.957. The predicted molar refractivity (Wildman–Crippen MR) is 120 cm³/mol. The molecule has 0 spiro atoms. The monoisotopic (exact) mass is 438 g/mol. The van der Waals surface area contributed by atoms with E-state index in [1.54, 1.807) is 29.3 Å². The molecule has 30 heavy (non-hydrogen) atoms. The van der Waals surface area contributed by atoms with E-state index in [4.69, 9.17) is 27.9 Å². The zero-order valence-corrected chi connectivity index (χ0v) is 17.7. The molecule has 0 atom stereocenters. The number of carbonyl (C=O) groups excluding carboxylic acids is 1. The van der Waals surface area contributed by atoms with Crippen LogP contribution in [0.3, 0.4) is 0 Å². The third kappa shape index (κ3) is 5.02. The van der Waals surface area contributed by atoms with Crippen LogP contribution in [-0.4, -0.2) is 22.4 Å². The van der Waals surface area contributed by atoms with Gasteiger partial charge in [-0.1, -0.05) is 41.4 Å². The van der Waals surface area contributed by atoms with Crippen molar-refractivity contribution >= 4 is 35.2 Å². The van der Waals surface area contributed by atoms with Gasteiger partial charge in [0.05, 0.1) is 28.9 Å². The molecule has 4 rings (SSSR count). The van der Waals surface area contributed by atoms with Gasteiger partial charge in [0.25, 0.3) is 0 Å². The van der Waals surface area contributed by atoms with Crippen LogP contribution in [0.5, 0.6) is 5.75 Å². The fourth-order valence-electron chi connectivity index (χ4n) is 3.34. The SMILES string of the molecule is O=C(/C=C/c1ccc2c(c1)CCO2)N(Cc1ccc(Cl)c(Cl)c1)Cc1ccccn1. The molecule has 6 heteroatoms. The Bertz CT molecular complexity index is 1080. The van der Waals surface area contributed by atoms with Crippen molar-refractivity contribution in [2.45, 2.75) is 19.5 Å².